The van der Waals surface area contributed by atoms with Crippen LogP contribution in [0.3, 0.4) is 0 Å². The molecule has 0 amide bonds. The molecule has 0 atom stereocenters. The highest BCUT2D eigenvalue weighted by Gasteiger charge is 2.18. The molecular weight excluding hydrogens is 280 g/mol. The fraction of sp³-hybridized carbons (Fsp3) is 0.462. The molecule has 0 saturated heterocycles. The summed E-state index contributed by atoms with van der Waals surface area (Å²) in [7, 11) is 0. The van der Waals surface area contributed by atoms with Gasteiger partial charge in [-0.15, -0.1) is 0 Å². The lowest BCUT2D eigenvalue weighted by Crippen LogP contribution is -2.25. The Kier molecular flexibility index (Phi) is 3.66. The van der Waals surface area contributed by atoms with Crippen molar-refractivity contribution < 1.29 is 0 Å². The van der Waals surface area contributed by atoms with Crippen molar-refractivity contribution in [1.29, 1.82) is 0 Å². The smallest absolute Gasteiger partial charge is 0.132 e. The molecule has 100 valence electrons. The van der Waals surface area contributed by atoms with Gasteiger partial charge in [-0.3, -0.25) is 0 Å². The molecule has 2 N–H and O–H groups in total. The largest absolute Gasteiger partial charge is 0.387 e. The maximum Gasteiger partial charge on any atom is 0.132 e. The first-order chi connectivity index (χ1) is 9.25. The normalized spacial score (nSPS) is 18.1. The summed E-state index contributed by atoms with van der Waals surface area (Å²) in [4.78, 5) is 4.55. The Morgan fingerprint density at radius 3 is 2.84 bits per heavy atom. The first kappa shape index (κ1) is 12.8. The maximum atomic E-state index is 6.22. The van der Waals surface area contributed by atoms with Crippen molar-refractivity contribution in [2.75, 3.05) is 0 Å². The van der Waals surface area contributed by atoms with Gasteiger partial charge in [0.2, 0.25) is 0 Å². The fourth-order valence-electron chi connectivity index (χ4n) is 2.54. The van der Waals surface area contributed by atoms with Crippen LogP contribution in [0.15, 0.2) is 17.1 Å². The van der Waals surface area contributed by atoms with Gasteiger partial charge < -0.3 is 5.73 Å². The van der Waals surface area contributed by atoms with Crippen molar-refractivity contribution in [1.82, 2.24) is 8.75 Å². The second kappa shape index (κ2) is 5.43. The van der Waals surface area contributed by atoms with Crippen LogP contribution < -0.4 is 5.73 Å². The summed E-state index contributed by atoms with van der Waals surface area (Å²) >= 11 is 7.39. The number of rotatable bonds is 2. The Balaban J connectivity index is 1.99. The lowest BCUT2D eigenvalue weighted by atomic mass is 9.88. The minimum absolute atomic E-state index is 0.381. The summed E-state index contributed by atoms with van der Waals surface area (Å²) in [6.45, 7) is 0. The van der Waals surface area contributed by atoms with Gasteiger partial charge in [-0.1, -0.05) is 30.9 Å². The average Bonchev–Trinajstić information content (AvgIpc) is 2.91. The van der Waals surface area contributed by atoms with E-state index in [1.165, 1.54) is 31.0 Å². The molecule has 0 unspecified atom stereocenters. The van der Waals surface area contributed by atoms with Gasteiger partial charge >= 0.3 is 0 Å². The molecular formula is C13H15ClN4S. The minimum Gasteiger partial charge on any atom is -0.387 e. The number of aliphatic imine (C=N–C) groups is 1. The lowest BCUT2D eigenvalue weighted by Gasteiger charge is -2.20. The van der Waals surface area contributed by atoms with Crippen LogP contribution in [0.25, 0.3) is 11.0 Å². The van der Waals surface area contributed by atoms with Crippen molar-refractivity contribution in [3.8, 4) is 0 Å². The van der Waals surface area contributed by atoms with E-state index >= 15 is 0 Å². The first-order valence-corrected chi connectivity index (χ1v) is 7.61. The molecule has 0 radical (unpaired) electrons. The number of benzene rings is 1. The van der Waals surface area contributed by atoms with E-state index in [1.54, 1.807) is 6.07 Å². The van der Waals surface area contributed by atoms with Gasteiger partial charge in [0.1, 0.15) is 22.6 Å². The number of fused-ring (bicyclic) bond motifs is 1. The molecule has 1 fully saturated rings. The molecule has 19 heavy (non-hydrogen) atoms. The van der Waals surface area contributed by atoms with Crippen molar-refractivity contribution in [3.05, 3.63) is 17.2 Å². The number of aromatic nitrogens is 2. The Bertz CT molecular complexity index is 616. The summed E-state index contributed by atoms with van der Waals surface area (Å²) in [5.74, 6) is 1.06. The molecule has 1 saturated carbocycles. The quantitative estimate of drug-likeness (QED) is 0.674. The van der Waals surface area contributed by atoms with Crippen molar-refractivity contribution in [2.24, 2.45) is 16.6 Å². The van der Waals surface area contributed by atoms with E-state index in [2.05, 4.69) is 13.7 Å². The Morgan fingerprint density at radius 2 is 2.05 bits per heavy atom. The number of halogens is 1. The zero-order valence-electron chi connectivity index (χ0n) is 10.5. The van der Waals surface area contributed by atoms with Gasteiger partial charge in [0.25, 0.3) is 0 Å². The van der Waals surface area contributed by atoms with Gasteiger partial charge in [0.15, 0.2) is 0 Å². The maximum absolute atomic E-state index is 6.22. The second-order valence-corrected chi connectivity index (χ2v) is 5.84. The van der Waals surface area contributed by atoms with E-state index in [0.29, 0.717) is 22.5 Å². The van der Waals surface area contributed by atoms with E-state index in [-0.39, 0.29) is 0 Å². The van der Waals surface area contributed by atoms with Crippen LogP contribution in [0, 0.1) is 5.92 Å². The van der Waals surface area contributed by atoms with Crippen LogP contribution in [-0.2, 0) is 0 Å². The predicted molar refractivity (Wildman–Crippen MR) is 80.3 cm³/mol. The highest BCUT2D eigenvalue weighted by Crippen LogP contribution is 2.34. The molecule has 1 aliphatic carbocycles. The van der Waals surface area contributed by atoms with Gasteiger partial charge in [-0.25, -0.2) is 4.99 Å². The SMILES string of the molecule is NC(=Nc1c(Cl)ccc2nsnc12)C1CCCCC1. The zero-order valence-corrected chi connectivity index (χ0v) is 12.0. The molecule has 1 heterocycles. The Morgan fingerprint density at radius 1 is 1.26 bits per heavy atom. The van der Waals surface area contributed by atoms with Crippen LogP contribution in [0.2, 0.25) is 5.02 Å². The van der Waals surface area contributed by atoms with Gasteiger partial charge in [-0.05, 0) is 25.0 Å². The van der Waals surface area contributed by atoms with Gasteiger partial charge in [0, 0.05) is 5.92 Å². The molecule has 0 bridgehead atoms. The van der Waals surface area contributed by atoms with Gasteiger partial charge in [0.05, 0.1) is 16.8 Å². The monoisotopic (exact) mass is 294 g/mol. The molecule has 0 spiro atoms. The third kappa shape index (κ3) is 2.58. The number of hydrogen-bond acceptors (Lipinski definition) is 4. The second-order valence-electron chi connectivity index (χ2n) is 4.90. The number of hydrogen-bond donors (Lipinski definition) is 1. The fourth-order valence-corrected chi connectivity index (χ4v) is 3.27. The molecule has 3 rings (SSSR count). The number of amidine groups is 1. The first-order valence-electron chi connectivity index (χ1n) is 6.50. The highest BCUT2D eigenvalue weighted by atomic mass is 35.5. The van der Waals surface area contributed by atoms with Crippen LogP contribution in [0.5, 0.6) is 0 Å². The Hall–Kier alpha value is -1.20. The van der Waals surface area contributed by atoms with Crippen LogP contribution in [0.4, 0.5) is 5.69 Å². The van der Waals surface area contributed by atoms with Gasteiger partial charge in [-0.2, -0.15) is 8.75 Å². The molecule has 1 aromatic heterocycles. The molecule has 1 aromatic carbocycles. The topological polar surface area (TPSA) is 64.2 Å². The third-order valence-electron chi connectivity index (χ3n) is 3.62. The summed E-state index contributed by atoms with van der Waals surface area (Å²) in [6, 6.07) is 3.66. The highest BCUT2D eigenvalue weighted by molar-refractivity contribution is 7.00. The van der Waals surface area contributed by atoms with E-state index in [0.717, 1.165) is 23.9 Å². The van der Waals surface area contributed by atoms with Crippen molar-refractivity contribution >= 4 is 45.9 Å². The predicted octanol–water partition coefficient (Wildman–Crippen LogP) is 3.91. The summed E-state index contributed by atoms with van der Waals surface area (Å²) in [5, 5.41) is 0.582. The number of nitrogens with two attached hydrogens (primary N) is 1. The van der Waals surface area contributed by atoms with E-state index in [9.17, 15) is 0 Å². The summed E-state index contributed by atoms with van der Waals surface area (Å²) in [6.07, 6.45) is 6.01. The van der Waals surface area contributed by atoms with Crippen molar-refractivity contribution in [2.45, 2.75) is 32.1 Å². The Labute approximate surface area is 121 Å². The minimum atomic E-state index is 0.381. The molecule has 4 nitrogen and oxygen atoms in total. The third-order valence-corrected chi connectivity index (χ3v) is 4.46. The summed E-state index contributed by atoms with van der Waals surface area (Å²) < 4.78 is 8.46. The van der Waals surface area contributed by atoms with E-state index in [4.69, 9.17) is 17.3 Å². The van der Waals surface area contributed by atoms with E-state index in [1.807, 2.05) is 6.07 Å². The number of nitrogens with zero attached hydrogens (tertiary/aromatic N) is 3. The van der Waals surface area contributed by atoms with Crippen molar-refractivity contribution in [3.63, 3.8) is 0 Å². The molecule has 1 aliphatic rings. The summed E-state index contributed by atoms with van der Waals surface area (Å²) in [5.41, 5.74) is 8.39. The molecule has 6 heteroatoms. The van der Waals surface area contributed by atoms with E-state index < -0.39 is 0 Å². The standard InChI is InChI=1S/C13H15ClN4S/c14-9-6-7-10-12(18-19-17-10)11(9)16-13(15)8-4-2-1-3-5-8/h6-8H,1-5H2,(H2,15,16). The molecule has 0 aliphatic heterocycles. The van der Waals surface area contributed by atoms with Crippen LogP contribution in [-0.4, -0.2) is 14.6 Å². The van der Waals surface area contributed by atoms with Crippen LogP contribution >= 0.6 is 23.3 Å². The average molecular weight is 295 g/mol. The molecule has 2 aromatic rings. The lowest BCUT2D eigenvalue weighted by molar-refractivity contribution is 0.437. The zero-order chi connectivity index (χ0) is 13.2. The van der Waals surface area contributed by atoms with Crippen LogP contribution in [0.1, 0.15) is 32.1 Å².